The first-order valence-corrected chi connectivity index (χ1v) is 9.08. The van der Waals surface area contributed by atoms with Crippen LogP contribution in [0.1, 0.15) is 29.0 Å². The monoisotopic (exact) mass is 393 g/mol. The van der Waals surface area contributed by atoms with E-state index in [1.165, 1.54) is 12.3 Å². The topological polar surface area (TPSA) is 55.6 Å². The van der Waals surface area contributed by atoms with Gasteiger partial charge in [0, 0.05) is 24.2 Å². The first-order chi connectivity index (χ1) is 12.8. The van der Waals surface area contributed by atoms with E-state index in [0.29, 0.717) is 0 Å². The SMILES string of the molecule is C[C@H](Sc1nncn1C)c1cccc(NCc2ncccc2C(F)(F)F)c1. The summed E-state index contributed by atoms with van der Waals surface area (Å²) < 4.78 is 41.1. The number of rotatable bonds is 6. The molecule has 0 unspecified atom stereocenters. The quantitative estimate of drug-likeness (QED) is 0.616. The molecule has 2 heterocycles. The Morgan fingerprint density at radius 2 is 2.04 bits per heavy atom. The van der Waals surface area contributed by atoms with Gasteiger partial charge < -0.3 is 9.88 Å². The Balaban J connectivity index is 1.71. The van der Waals surface area contributed by atoms with Crippen molar-refractivity contribution in [3.63, 3.8) is 0 Å². The summed E-state index contributed by atoms with van der Waals surface area (Å²) in [6.45, 7) is 2.03. The van der Waals surface area contributed by atoms with Crippen molar-refractivity contribution < 1.29 is 13.2 Å². The molecule has 0 saturated carbocycles. The summed E-state index contributed by atoms with van der Waals surface area (Å²) in [6.07, 6.45) is -1.42. The highest BCUT2D eigenvalue weighted by molar-refractivity contribution is 7.99. The third kappa shape index (κ3) is 4.79. The standard InChI is InChI=1S/C18H18F3N5S/c1-12(27-17-25-24-11-26(17)2)13-5-3-6-14(9-13)23-10-16-15(18(19,20)21)7-4-8-22-16/h3-9,11-12,23H,10H2,1-2H3/t12-/m0/s1. The summed E-state index contributed by atoms with van der Waals surface area (Å²) in [6, 6.07) is 9.91. The molecule has 2 aromatic heterocycles. The van der Waals surface area contributed by atoms with Crippen LogP contribution in [0.5, 0.6) is 0 Å². The van der Waals surface area contributed by atoms with Crippen molar-refractivity contribution in [3.8, 4) is 0 Å². The first kappa shape index (κ1) is 19.2. The van der Waals surface area contributed by atoms with E-state index < -0.39 is 11.7 Å². The van der Waals surface area contributed by atoms with Gasteiger partial charge in [0.2, 0.25) is 0 Å². The lowest BCUT2D eigenvalue weighted by Gasteiger charge is -2.15. The number of halogens is 3. The summed E-state index contributed by atoms with van der Waals surface area (Å²) in [5.74, 6) is 0. The molecular weight excluding hydrogens is 375 g/mol. The number of thioether (sulfide) groups is 1. The van der Waals surface area contributed by atoms with Crippen LogP contribution in [-0.2, 0) is 19.8 Å². The largest absolute Gasteiger partial charge is 0.418 e. The van der Waals surface area contributed by atoms with E-state index in [-0.39, 0.29) is 17.5 Å². The zero-order valence-corrected chi connectivity index (χ0v) is 15.6. The zero-order valence-electron chi connectivity index (χ0n) is 14.7. The van der Waals surface area contributed by atoms with Crippen molar-refractivity contribution in [2.24, 2.45) is 7.05 Å². The van der Waals surface area contributed by atoms with Crippen molar-refractivity contribution in [3.05, 3.63) is 65.7 Å². The Morgan fingerprint density at radius 1 is 1.22 bits per heavy atom. The lowest BCUT2D eigenvalue weighted by molar-refractivity contribution is -0.138. The van der Waals surface area contributed by atoms with E-state index in [4.69, 9.17) is 0 Å². The first-order valence-electron chi connectivity index (χ1n) is 8.20. The summed E-state index contributed by atoms with van der Waals surface area (Å²) in [5.41, 5.74) is 1.01. The second kappa shape index (κ2) is 7.99. The molecule has 0 spiro atoms. The number of aromatic nitrogens is 4. The average Bonchev–Trinajstić information content (AvgIpc) is 3.04. The molecule has 3 rings (SSSR count). The molecule has 1 atom stereocenters. The number of aryl methyl sites for hydroxylation is 1. The van der Waals surface area contributed by atoms with Crippen LogP contribution in [0.4, 0.5) is 18.9 Å². The molecule has 1 aromatic carbocycles. The van der Waals surface area contributed by atoms with Gasteiger partial charge in [-0.15, -0.1) is 10.2 Å². The molecular formula is C18H18F3N5S. The predicted octanol–water partition coefficient (Wildman–Crippen LogP) is 4.69. The molecule has 0 aliphatic rings. The third-order valence-electron chi connectivity index (χ3n) is 3.96. The number of hydrogen-bond donors (Lipinski definition) is 1. The molecule has 0 saturated heterocycles. The number of benzene rings is 1. The maximum Gasteiger partial charge on any atom is 0.418 e. The minimum absolute atomic E-state index is 0.00997. The van der Waals surface area contributed by atoms with Crippen molar-refractivity contribution >= 4 is 17.4 Å². The second-order valence-electron chi connectivity index (χ2n) is 5.96. The van der Waals surface area contributed by atoms with Crippen LogP contribution >= 0.6 is 11.8 Å². The molecule has 1 N–H and O–H groups in total. The van der Waals surface area contributed by atoms with Crippen LogP contribution in [0.2, 0.25) is 0 Å². The molecule has 0 amide bonds. The minimum Gasteiger partial charge on any atom is -0.379 e. The summed E-state index contributed by atoms with van der Waals surface area (Å²) in [4.78, 5) is 3.87. The van der Waals surface area contributed by atoms with E-state index in [0.717, 1.165) is 22.5 Å². The predicted molar refractivity (Wildman–Crippen MR) is 98.3 cm³/mol. The van der Waals surface area contributed by atoms with Gasteiger partial charge in [-0.25, -0.2) is 0 Å². The highest BCUT2D eigenvalue weighted by Gasteiger charge is 2.33. The Hall–Kier alpha value is -2.55. The fourth-order valence-electron chi connectivity index (χ4n) is 2.53. The highest BCUT2D eigenvalue weighted by atomic mass is 32.2. The fourth-order valence-corrected chi connectivity index (χ4v) is 3.44. The van der Waals surface area contributed by atoms with Gasteiger partial charge >= 0.3 is 6.18 Å². The van der Waals surface area contributed by atoms with Gasteiger partial charge in [-0.3, -0.25) is 4.98 Å². The molecule has 9 heteroatoms. The van der Waals surface area contributed by atoms with Crippen LogP contribution in [0.15, 0.2) is 54.1 Å². The molecule has 5 nitrogen and oxygen atoms in total. The number of nitrogens with one attached hydrogen (secondary N) is 1. The van der Waals surface area contributed by atoms with E-state index >= 15 is 0 Å². The number of nitrogens with zero attached hydrogens (tertiary/aromatic N) is 4. The van der Waals surface area contributed by atoms with Gasteiger partial charge in [0.25, 0.3) is 0 Å². The second-order valence-corrected chi connectivity index (χ2v) is 7.27. The van der Waals surface area contributed by atoms with Gasteiger partial charge in [-0.2, -0.15) is 13.2 Å². The number of pyridine rings is 1. The van der Waals surface area contributed by atoms with Crippen LogP contribution in [-0.4, -0.2) is 19.7 Å². The van der Waals surface area contributed by atoms with E-state index in [1.807, 2.05) is 42.8 Å². The van der Waals surface area contributed by atoms with Gasteiger partial charge in [-0.05, 0) is 36.8 Å². The number of anilines is 1. The number of hydrogen-bond acceptors (Lipinski definition) is 5. The van der Waals surface area contributed by atoms with Gasteiger partial charge in [0.05, 0.1) is 17.8 Å². The smallest absolute Gasteiger partial charge is 0.379 e. The average molecular weight is 393 g/mol. The summed E-state index contributed by atoms with van der Waals surface area (Å²) in [7, 11) is 1.87. The minimum atomic E-state index is -4.42. The van der Waals surface area contributed by atoms with E-state index in [2.05, 4.69) is 20.5 Å². The number of alkyl halides is 3. The van der Waals surface area contributed by atoms with Gasteiger partial charge in [-0.1, -0.05) is 23.9 Å². The molecule has 27 heavy (non-hydrogen) atoms. The van der Waals surface area contributed by atoms with Crippen molar-refractivity contribution in [2.75, 3.05) is 5.32 Å². The van der Waals surface area contributed by atoms with Gasteiger partial charge in [0.1, 0.15) is 6.33 Å². The maximum absolute atomic E-state index is 13.1. The zero-order chi connectivity index (χ0) is 19.4. The molecule has 0 bridgehead atoms. The summed E-state index contributed by atoms with van der Waals surface area (Å²) in [5, 5.41) is 11.9. The van der Waals surface area contributed by atoms with Crippen molar-refractivity contribution in [2.45, 2.75) is 30.1 Å². The lowest BCUT2D eigenvalue weighted by Crippen LogP contribution is -2.13. The Bertz CT molecular complexity index is 910. The third-order valence-corrected chi connectivity index (χ3v) is 5.17. The molecule has 142 valence electrons. The fraction of sp³-hybridized carbons (Fsp3) is 0.278. The van der Waals surface area contributed by atoms with E-state index in [9.17, 15) is 13.2 Å². The van der Waals surface area contributed by atoms with Crippen LogP contribution < -0.4 is 5.32 Å². The molecule has 0 aliphatic heterocycles. The van der Waals surface area contributed by atoms with Crippen molar-refractivity contribution in [1.29, 1.82) is 0 Å². The normalized spacial score (nSPS) is 12.8. The Kier molecular flexibility index (Phi) is 5.69. The molecule has 3 aromatic rings. The Labute approximate surface area is 159 Å². The Morgan fingerprint density at radius 3 is 2.74 bits per heavy atom. The molecule has 0 fully saturated rings. The van der Waals surface area contributed by atoms with Crippen LogP contribution in [0.25, 0.3) is 0 Å². The molecule has 0 radical (unpaired) electrons. The molecule has 0 aliphatic carbocycles. The van der Waals surface area contributed by atoms with Crippen molar-refractivity contribution in [1.82, 2.24) is 19.7 Å². The van der Waals surface area contributed by atoms with Crippen LogP contribution in [0, 0.1) is 0 Å². The van der Waals surface area contributed by atoms with Crippen LogP contribution in [0.3, 0.4) is 0 Å². The lowest BCUT2D eigenvalue weighted by atomic mass is 10.1. The maximum atomic E-state index is 13.1. The highest BCUT2D eigenvalue weighted by Crippen LogP contribution is 2.34. The summed E-state index contributed by atoms with van der Waals surface area (Å²) >= 11 is 1.56. The van der Waals surface area contributed by atoms with E-state index in [1.54, 1.807) is 18.1 Å². The van der Waals surface area contributed by atoms with Gasteiger partial charge in [0.15, 0.2) is 5.16 Å².